The first kappa shape index (κ1) is 14.6. The Kier molecular flexibility index (Phi) is 4.53. The van der Waals surface area contributed by atoms with Gasteiger partial charge in [0.1, 0.15) is 0 Å². The minimum Gasteiger partial charge on any atom is -0.466 e. The number of esters is 3. The molecule has 1 rings (SSSR count). The first-order valence-corrected chi connectivity index (χ1v) is 4.91. The average Bonchev–Trinajstić information content (AvgIpc) is 2.44. The summed E-state index contributed by atoms with van der Waals surface area (Å²) in [5.74, 6) is 1.83. The first-order chi connectivity index (χ1) is 8.96. The molecule has 10 heteroatoms. The van der Waals surface area contributed by atoms with Gasteiger partial charge in [0.05, 0.1) is 21.3 Å². The van der Waals surface area contributed by atoms with Crippen LogP contribution in [0.25, 0.3) is 0 Å². The summed E-state index contributed by atoms with van der Waals surface area (Å²) >= 11 is 0. The van der Waals surface area contributed by atoms with Gasteiger partial charge in [-0.15, -0.1) is 0 Å². The van der Waals surface area contributed by atoms with Gasteiger partial charge in [-0.1, -0.05) is 0 Å². The number of carbonyl (C=O) groups excluding carboxylic acids is 3. The van der Waals surface area contributed by atoms with Crippen LogP contribution in [0.4, 0.5) is 0 Å². The lowest BCUT2D eigenvalue weighted by molar-refractivity contribution is -0.145. The van der Waals surface area contributed by atoms with Gasteiger partial charge in [0.2, 0.25) is 17.8 Å². The van der Waals surface area contributed by atoms with E-state index in [1.165, 1.54) is 0 Å². The highest BCUT2D eigenvalue weighted by Crippen LogP contribution is 2.09. The number of aliphatic imine (C=N–C) groups is 2. The second kappa shape index (κ2) is 5.91. The van der Waals surface area contributed by atoms with Crippen LogP contribution < -0.4 is 5.84 Å². The molecule has 0 aliphatic carbocycles. The molecular formula is C9H12N4O6. The Hall–Kier alpha value is -2.49. The monoisotopic (exact) mass is 272 g/mol. The maximum absolute atomic E-state index is 11.5. The van der Waals surface area contributed by atoms with Crippen molar-refractivity contribution in [1.29, 1.82) is 0 Å². The van der Waals surface area contributed by atoms with Crippen LogP contribution >= 0.6 is 0 Å². The number of hydrazine groups is 1. The van der Waals surface area contributed by atoms with E-state index in [1.54, 1.807) is 0 Å². The molecule has 1 aliphatic heterocycles. The summed E-state index contributed by atoms with van der Waals surface area (Å²) in [6.07, 6.45) is -1.43. The van der Waals surface area contributed by atoms with Gasteiger partial charge in [0.25, 0.3) is 0 Å². The number of hydrogen-bond donors (Lipinski definition) is 1. The van der Waals surface area contributed by atoms with Crippen LogP contribution in [0.5, 0.6) is 0 Å². The third-order valence-electron chi connectivity index (χ3n) is 2.11. The Morgan fingerprint density at radius 1 is 1.11 bits per heavy atom. The maximum Gasteiger partial charge on any atom is 0.375 e. The van der Waals surface area contributed by atoms with E-state index in [9.17, 15) is 14.4 Å². The van der Waals surface area contributed by atoms with Crippen LogP contribution in [0.1, 0.15) is 0 Å². The molecule has 1 atom stereocenters. The van der Waals surface area contributed by atoms with E-state index < -0.39 is 35.7 Å². The summed E-state index contributed by atoms with van der Waals surface area (Å²) in [7, 11) is 3.29. The fourth-order valence-corrected chi connectivity index (χ4v) is 1.18. The number of methoxy groups -OCH3 is 3. The molecule has 0 aromatic heterocycles. The van der Waals surface area contributed by atoms with Gasteiger partial charge in [0, 0.05) is 0 Å². The third kappa shape index (κ3) is 2.85. The van der Waals surface area contributed by atoms with Gasteiger partial charge in [0.15, 0.2) is 0 Å². The molecule has 19 heavy (non-hydrogen) atoms. The van der Waals surface area contributed by atoms with E-state index in [1.807, 2.05) is 0 Å². The Morgan fingerprint density at radius 3 is 2.16 bits per heavy atom. The van der Waals surface area contributed by atoms with Crippen molar-refractivity contribution in [1.82, 2.24) is 5.01 Å². The maximum atomic E-state index is 11.5. The molecule has 0 radical (unpaired) electrons. The topological polar surface area (TPSA) is 133 Å². The van der Waals surface area contributed by atoms with Crippen molar-refractivity contribution in [2.75, 3.05) is 21.3 Å². The minimum atomic E-state index is -1.43. The van der Waals surface area contributed by atoms with Crippen molar-refractivity contribution < 1.29 is 28.6 Å². The van der Waals surface area contributed by atoms with E-state index >= 15 is 0 Å². The van der Waals surface area contributed by atoms with Crippen LogP contribution in [0, 0.1) is 0 Å². The quantitative estimate of drug-likeness (QED) is 0.348. The van der Waals surface area contributed by atoms with Gasteiger partial charge in [-0.2, -0.15) is 4.99 Å². The van der Waals surface area contributed by atoms with Crippen LogP contribution in [0.2, 0.25) is 0 Å². The van der Waals surface area contributed by atoms with E-state index in [-0.39, 0.29) is 0 Å². The number of hydrogen-bond acceptors (Lipinski definition) is 10. The number of nitrogens with two attached hydrogens (primary N) is 1. The number of carbonyl (C=O) groups is 3. The highest BCUT2D eigenvalue weighted by Gasteiger charge is 2.36. The number of rotatable bonds is 3. The molecule has 104 valence electrons. The Bertz CT molecular complexity index is 471. The third-order valence-corrected chi connectivity index (χ3v) is 2.11. The predicted octanol–water partition coefficient (Wildman–Crippen LogP) is -2.18. The van der Waals surface area contributed by atoms with E-state index in [2.05, 4.69) is 24.2 Å². The standard InChI is InChI=1S/C9H12N4O6/c1-17-7(14)4-11-5(8(15)18-2)13(10)6(12-4)9(16)19-3/h5H,10H2,1-3H3. The molecule has 0 amide bonds. The second-order valence-electron chi connectivity index (χ2n) is 3.18. The van der Waals surface area contributed by atoms with Gasteiger partial charge < -0.3 is 14.2 Å². The highest BCUT2D eigenvalue weighted by molar-refractivity contribution is 6.45. The first-order valence-electron chi connectivity index (χ1n) is 4.91. The normalized spacial score (nSPS) is 18.1. The predicted molar refractivity (Wildman–Crippen MR) is 60.7 cm³/mol. The molecule has 0 spiro atoms. The molecule has 0 aromatic rings. The van der Waals surface area contributed by atoms with Gasteiger partial charge in [-0.25, -0.2) is 25.2 Å². The molecule has 2 N–H and O–H groups in total. The van der Waals surface area contributed by atoms with Crippen molar-refractivity contribution >= 4 is 29.6 Å². The van der Waals surface area contributed by atoms with Crippen LogP contribution in [0.15, 0.2) is 9.98 Å². The minimum absolute atomic E-state index is 0.465. The van der Waals surface area contributed by atoms with Crippen molar-refractivity contribution in [2.45, 2.75) is 6.17 Å². The summed E-state index contributed by atoms with van der Waals surface area (Å²) in [6, 6.07) is 0. The molecule has 0 bridgehead atoms. The number of nitrogens with zero attached hydrogens (tertiary/aromatic N) is 3. The lowest BCUT2D eigenvalue weighted by Gasteiger charge is -2.26. The van der Waals surface area contributed by atoms with Crippen molar-refractivity contribution in [3.63, 3.8) is 0 Å². The zero-order valence-electron chi connectivity index (χ0n) is 10.4. The summed E-state index contributed by atoms with van der Waals surface area (Å²) < 4.78 is 13.3. The molecule has 0 saturated carbocycles. The largest absolute Gasteiger partial charge is 0.466 e. The summed E-state index contributed by atoms with van der Waals surface area (Å²) in [6.45, 7) is 0. The number of ether oxygens (including phenoxy) is 3. The second-order valence-corrected chi connectivity index (χ2v) is 3.18. The van der Waals surface area contributed by atoms with Gasteiger partial charge in [-0.05, 0) is 0 Å². The molecule has 1 unspecified atom stereocenters. The molecule has 0 fully saturated rings. The Labute approximate surface area is 107 Å². The zero-order chi connectivity index (χ0) is 14.6. The summed E-state index contributed by atoms with van der Waals surface area (Å²) in [5, 5.41) is 0.643. The molecule has 0 saturated heterocycles. The van der Waals surface area contributed by atoms with E-state index in [0.29, 0.717) is 5.01 Å². The lowest BCUT2D eigenvalue weighted by Crippen LogP contribution is -2.55. The van der Waals surface area contributed by atoms with Crippen molar-refractivity contribution in [3.8, 4) is 0 Å². The lowest BCUT2D eigenvalue weighted by atomic mass is 10.3. The fraction of sp³-hybridized carbons (Fsp3) is 0.444. The molecular weight excluding hydrogens is 260 g/mol. The Morgan fingerprint density at radius 2 is 1.68 bits per heavy atom. The highest BCUT2D eigenvalue weighted by atomic mass is 16.5. The summed E-state index contributed by atoms with van der Waals surface area (Å²) in [4.78, 5) is 41.5. The van der Waals surface area contributed by atoms with E-state index in [0.717, 1.165) is 21.3 Å². The molecule has 1 aliphatic rings. The smallest absolute Gasteiger partial charge is 0.375 e. The van der Waals surface area contributed by atoms with Crippen molar-refractivity contribution in [2.24, 2.45) is 15.8 Å². The molecule has 0 aromatic carbocycles. The Balaban J connectivity index is 3.22. The van der Waals surface area contributed by atoms with Crippen LogP contribution in [-0.2, 0) is 28.6 Å². The van der Waals surface area contributed by atoms with Crippen LogP contribution in [0.3, 0.4) is 0 Å². The van der Waals surface area contributed by atoms with Gasteiger partial charge in [-0.3, -0.25) is 5.01 Å². The van der Waals surface area contributed by atoms with Gasteiger partial charge >= 0.3 is 17.9 Å². The SMILES string of the molecule is COC(=O)C1=NC(C(=O)OC)N(N)C(C(=O)OC)=N1. The average molecular weight is 272 g/mol. The summed E-state index contributed by atoms with van der Waals surface area (Å²) in [5.41, 5.74) is 0. The molecule has 10 nitrogen and oxygen atoms in total. The van der Waals surface area contributed by atoms with Crippen LogP contribution in [-0.4, -0.2) is 62.1 Å². The molecule has 1 heterocycles. The zero-order valence-corrected chi connectivity index (χ0v) is 10.4. The van der Waals surface area contributed by atoms with E-state index in [4.69, 9.17) is 5.84 Å². The van der Waals surface area contributed by atoms with Crippen molar-refractivity contribution in [3.05, 3.63) is 0 Å². The number of amidine groups is 2. The fourth-order valence-electron chi connectivity index (χ4n) is 1.18.